The Balaban J connectivity index is 2.26. The van der Waals surface area contributed by atoms with E-state index < -0.39 is 5.97 Å². The van der Waals surface area contributed by atoms with Gasteiger partial charge in [0, 0.05) is 6.54 Å². The number of hydrogen-bond donors (Lipinski definition) is 2. The molecular formula is C16H19N3O3. The number of aromatic nitrogens is 2. The van der Waals surface area contributed by atoms with Gasteiger partial charge in [-0.25, -0.2) is 4.68 Å². The van der Waals surface area contributed by atoms with Crippen LogP contribution in [-0.4, -0.2) is 33.3 Å². The van der Waals surface area contributed by atoms with Crippen molar-refractivity contribution in [3.8, 4) is 5.69 Å². The number of carbonyl (C=O) groups excluding carboxylic acids is 1. The number of benzene rings is 1. The summed E-state index contributed by atoms with van der Waals surface area (Å²) in [4.78, 5) is 22.7. The molecule has 0 bridgehead atoms. The van der Waals surface area contributed by atoms with Crippen molar-refractivity contribution < 1.29 is 14.7 Å². The fraction of sp³-hybridized carbons (Fsp3) is 0.312. The summed E-state index contributed by atoms with van der Waals surface area (Å²) in [6, 6.07) is 7.82. The Kier molecular flexibility index (Phi) is 4.93. The fourth-order valence-corrected chi connectivity index (χ4v) is 2.29. The Labute approximate surface area is 128 Å². The molecule has 2 N–H and O–H groups in total. The van der Waals surface area contributed by atoms with Gasteiger partial charge >= 0.3 is 5.97 Å². The highest BCUT2D eigenvalue weighted by molar-refractivity contribution is 5.95. The van der Waals surface area contributed by atoms with Crippen LogP contribution in [0, 0.1) is 6.92 Å². The average molecular weight is 301 g/mol. The highest BCUT2D eigenvalue weighted by atomic mass is 16.4. The molecule has 0 radical (unpaired) electrons. The lowest BCUT2D eigenvalue weighted by atomic mass is 10.1. The summed E-state index contributed by atoms with van der Waals surface area (Å²) in [5.41, 5.74) is 3.29. The zero-order valence-electron chi connectivity index (χ0n) is 12.7. The van der Waals surface area contributed by atoms with Crippen molar-refractivity contribution >= 4 is 11.9 Å². The molecule has 6 heteroatoms. The molecule has 2 aromatic rings. The highest BCUT2D eigenvalue weighted by Gasteiger charge is 2.17. The first kappa shape index (κ1) is 15.8. The average Bonchev–Trinajstić information content (AvgIpc) is 2.91. The van der Waals surface area contributed by atoms with Gasteiger partial charge in [-0.05, 0) is 25.0 Å². The molecule has 1 aromatic carbocycles. The van der Waals surface area contributed by atoms with Gasteiger partial charge in [-0.3, -0.25) is 9.59 Å². The number of hydrogen-bond acceptors (Lipinski definition) is 3. The van der Waals surface area contributed by atoms with Crippen LogP contribution < -0.4 is 5.32 Å². The zero-order chi connectivity index (χ0) is 16.1. The third-order valence-electron chi connectivity index (χ3n) is 3.42. The predicted octanol–water partition coefficient (Wildman–Crippen LogP) is 1.95. The van der Waals surface area contributed by atoms with Crippen molar-refractivity contribution in [1.29, 1.82) is 0 Å². The van der Waals surface area contributed by atoms with Crippen molar-refractivity contribution in [2.24, 2.45) is 0 Å². The van der Waals surface area contributed by atoms with Crippen LogP contribution >= 0.6 is 0 Å². The molecule has 1 heterocycles. The van der Waals surface area contributed by atoms with Crippen LogP contribution in [0.2, 0.25) is 0 Å². The SMILES string of the molecule is CCc1c(C(=O)NCCC(=O)O)cnn1-c1ccccc1C. The Hall–Kier alpha value is -2.63. The zero-order valence-corrected chi connectivity index (χ0v) is 12.7. The third kappa shape index (κ3) is 3.33. The topological polar surface area (TPSA) is 84.2 Å². The minimum absolute atomic E-state index is 0.0981. The van der Waals surface area contributed by atoms with Gasteiger partial charge in [-0.2, -0.15) is 5.10 Å². The first-order valence-corrected chi connectivity index (χ1v) is 7.17. The van der Waals surface area contributed by atoms with E-state index in [1.165, 1.54) is 6.20 Å². The van der Waals surface area contributed by atoms with Crippen LogP contribution in [0.5, 0.6) is 0 Å². The van der Waals surface area contributed by atoms with Crippen molar-refractivity contribution in [3.63, 3.8) is 0 Å². The number of carbonyl (C=O) groups is 2. The van der Waals surface area contributed by atoms with Crippen LogP contribution in [0.15, 0.2) is 30.5 Å². The minimum Gasteiger partial charge on any atom is -0.481 e. The molecule has 0 spiro atoms. The van der Waals surface area contributed by atoms with E-state index in [9.17, 15) is 9.59 Å². The summed E-state index contributed by atoms with van der Waals surface area (Å²) in [5, 5.41) is 15.5. The van der Waals surface area contributed by atoms with E-state index in [2.05, 4.69) is 10.4 Å². The fourth-order valence-electron chi connectivity index (χ4n) is 2.29. The first-order chi connectivity index (χ1) is 10.5. The largest absolute Gasteiger partial charge is 0.481 e. The number of rotatable bonds is 6. The predicted molar refractivity (Wildman–Crippen MR) is 82.3 cm³/mol. The molecular weight excluding hydrogens is 282 g/mol. The summed E-state index contributed by atoms with van der Waals surface area (Å²) in [5.74, 6) is -1.23. The third-order valence-corrected chi connectivity index (χ3v) is 3.42. The maximum Gasteiger partial charge on any atom is 0.305 e. The molecule has 116 valence electrons. The Morgan fingerprint density at radius 2 is 2.05 bits per heavy atom. The molecule has 2 rings (SSSR count). The van der Waals surface area contributed by atoms with E-state index in [0.29, 0.717) is 12.0 Å². The Morgan fingerprint density at radius 3 is 2.68 bits per heavy atom. The number of carboxylic acids is 1. The van der Waals surface area contributed by atoms with Crippen LogP contribution in [0.4, 0.5) is 0 Å². The standard InChI is InChI=1S/C16H19N3O3/c1-3-13-12(16(22)17-9-8-15(20)21)10-18-19(13)14-7-5-4-6-11(14)2/h4-7,10H,3,8-9H2,1-2H3,(H,17,22)(H,20,21). The van der Waals surface area contributed by atoms with Crippen LogP contribution in [0.25, 0.3) is 5.69 Å². The Bertz CT molecular complexity index is 692. The molecule has 0 saturated heterocycles. The van der Waals surface area contributed by atoms with Crippen LogP contribution in [0.1, 0.15) is 35.0 Å². The van der Waals surface area contributed by atoms with Gasteiger partial charge in [-0.1, -0.05) is 25.1 Å². The maximum atomic E-state index is 12.2. The van der Waals surface area contributed by atoms with Crippen LogP contribution in [-0.2, 0) is 11.2 Å². The lowest BCUT2D eigenvalue weighted by Crippen LogP contribution is -2.26. The van der Waals surface area contributed by atoms with E-state index in [4.69, 9.17) is 5.11 Å². The Morgan fingerprint density at radius 1 is 1.32 bits per heavy atom. The number of amides is 1. The van der Waals surface area contributed by atoms with E-state index >= 15 is 0 Å². The van der Waals surface area contributed by atoms with Gasteiger partial charge < -0.3 is 10.4 Å². The van der Waals surface area contributed by atoms with Gasteiger partial charge in [0.05, 0.1) is 29.6 Å². The van der Waals surface area contributed by atoms with Crippen LogP contribution in [0.3, 0.4) is 0 Å². The van der Waals surface area contributed by atoms with E-state index in [1.54, 1.807) is 4.68 Å². The number of aryl methyl sites for hydroxylation is 1. The monoisotopic (exact) mass is 301 g/mol. The smallest absolute Gasteiger partial charge is 0.305 e. The molecule has 0 aliphatic rings. The summed E-state index contributed by atoms with van der Waals surface area (Å²) >= 11 is 0. The molecule has 0 atom stereocenters. The molecule has 22 heavy (non-hydrogen) atoms. The van der Waals surface area contributed by atoms with Gasteiger partial charge in [0.2, 0.25) is 0 Å². The van der Waals surface area contributed by atoms with Crippen molar-refractivity contribution in [1.82, 2.24) is 15.1 Å². The molecule has 0 unspecified atom stereocenters. The number of aliphatic carboxylic acids is 1. The second-order valence-corrected chi connectivity index (χ2v) is 4.96. The highest BCUT2D eigenvalue weighted by Crippen LogP contribution is 2.18. The van der Waals surface area contributed by atoms with Gasteiger partial charge in [0.1, 0.15) is 0 Å². The van der Waals surface area contributed by atoms with E-state index in [0.717, 1.165) is 16.9 Å². The lowest BCUT2D eigenvalue weighted by Gasteiger charge is -2.10. The molecule has 1 aromatic heterocycles. The van der Waals surface area contributed by atoms with Gasteiger partial charge in [0.25, 0.3) is 5.91 Å². The summed E-state index contributed by atoms with van der Waals surface area (Å²) < 4.78 is 1.77. The molecule has 0 aliphatic heterocycles. The molecule has 1 amide bonds. The summed E-state index contributed by atoms with van der Waals surface area (Å²) in [7, 11) is 0. The summed E-state index contributed by atoms with van der Waals surface area (Å²) in [6.45, 7) is 4.05. The second kappa shape index (κ2) is 6.89. The van der Waals surface area contributed by atoms with Crippen molar-refractivity contribution in [3.05, 3.63) is 47.3 Å². The molecule has 0 fully saturated rings. The molecule has 0 saturated carbocycles. The normalized spacial score (nSPS) is 10.5. The second-order valence-electron chi connectivity index (χ2n) is 4.96. The van der Waals surface area contributed by atoms with Gasteiger partial charge in [-0.15, -0.1) is 0 Å². The van der Waals surface area contributed by atoms with Gasteiger partial charge in [0.15, 0.2) is 0 Å². The molecule has 0 aliphatic carbocycles. The number of nitrogens with zero attached hydrogens (tertiary/aromatic N) is 2. The number of para-hydroxylation sites is 1. The lowest BCUT2D eigenvalue weighted by molar-refractivity contribution is -0.136. The first-order valence-electron chi connectivity index (χ1n) is 7.17. The quantitative estimate of drug-likeness (QED) is 0.854. The van der Waals surface area contributed by atoms with E-state index in [1.807, 2.05) is 38.1 Å². The maximum absolute atomic E-state index is 12.2. The van der Waals surface area contributed by atoms with E-state index in [-0.39, 0.29) is 18.9 Å². The van der Waals surface area contributed by atoms with Crippen molar-refractivity contribution in [2.75, 3.05) is 6.54 Å². The minimum atomic E-state index is -0.938. The molecule has 6 nitrogen and oxygen atoms in total. The van der Waals surface area contributed by atoms with Crippen molar-refractivity contribution in [2.45, 2.75) is 26.7 Å². The number of carboxylic acid groups (broad SMARTS) is 1. The number of nitrogens with one attached hydrogen (secondary N) is 1. The summed E-state index contributed by atoms with van der Waals surface area (Å²) in [6.07, 6.45) is 2.08.